The highest BCUT2D eigenvalue weighted by Crippen LogP contribution is 2.09. The Labute approximate surface area is 106 Å². The highest BCUT2D eigenvalue weighted by molar-refractivity contribution is 5.94. The summed E-state index contributed by atoms with van der Waals surface area (Å²) < 4.78 is 4.66. The number of benzene rings is 1. The third-order valence-corrected chi connectivity index (χ3v) is 2.28. The third kappa shape index (κ3) is 5.34. The average Bonchev–Trinajstić information content (AvgIpc) is 2.32. The number of esters is 1. The fourth-order valence-electron chi connectivity index (χ4n) is 1.41. The lowest BCUT2D eigenvalue weighted by molar-refractivity contribution is -0.145. The van der Waals surface area contributed by atoms with Gasteiger partial charge in [-0.1, -0.05) is 12.1 Å². The maximum atomic E-state index is 11.3. The number of carbonyl (C=O) groups is 2. The lowest BCUT2D eigenvalue weighted by atomic mass is 10.1. The van der Waals surface area contributed by atoms with E-state index in [-0.39, 0.29) is 24.7 Å². The molecular weight excluding hydrogens is 234 g/mol. The van der Waals surface area contributed by atoms with Gasteiger partial charge in [0, 0.05) is 6.54 Å². The molecule has 0 spiro atoms. The van der Waals surface area contributed by atoms with Gasteiger partial charge >= 0.3 is 5.97 Å². The number of amides is 1. The molecule has 2 N–H and O–H groups in total. The van der Waals surface area contributed by atoms with Crippen LogP contribution in [0, 0.1) is 0 Å². The number of phenols is 1. The van der Waals surface area contributed by atoms with Crippen molar-refractivity contribution in [3.05, 3.63) is 29.8 Å². The van der Waals surface area contributed by atoms with Crippen LogP contribution in [0.2, 0.25) is 0 Å². The molecular formula is C13H17NO4. The molecule has 98 valence electrons. The number of carbonyl (C=O) groups excluding carboxylic acids is 2. The van der Waals surface area contributed by atoms with Crippen molar-refractivity contribution in [1.82, 2.24) is 5.32 Å². The zero-order valence-electron chi connectivity index (χ0n) is 10.3. The van der Waals surface area contributed by atoms with Gasteiger partial charge in [-0.3, -0.25) is 9.59 Å². The molecule has 0 heterocycles. The van der Waals surface area contributed by atoms with E-state index in [9.17, 15) is 9.59 Å². The monoisotopic (exact) mass is 251 g/mol. The van der Waals surface area contributed by atoms with Gasteiger partial charge < -0.3 is 15.2 Å². The van der Waals surface area contributed by atoms with Crippen LogP contribution >= 0.6 is 0 Å². The molecule has 1 aromatic carbocycles. The highest BCUT2D eigenvalue weighted by Gasteiger charge is 2.09. The summed E-state index contributed by atoms with van der Waals surface area (Å²) in [6, 6.07) is 6.76. The molecule has 0 fully saturated rings. The van der Waals surface area contributed by atoms with E-state index in [1.807, 2.05) is 0 Å². The van der Waals surface area contributed by atoms with E-state index >= 15 is 0 Å². The van der Waals surface area contributed by atoms with Crippen molar-refractivity contribution < 1.29 is 19.4 Å². The number of hydrogen-bond acceptors (Lipinski definition) is 4. The summed E-state index contributed by atoms with van der Waals surface area (Å²) in [5.74, 6) is -0.642. The SMILES string of the molecule is CCOC(=O)CC(=O)NCCc1ccc(O)cc1. The van der Waals surface area contributed by atoms with Crippen molar-refractivity contribution >= 4 is 11.9 Å². The summed E-state index contributed by atoms with van der Waals surface area (Å²) in [4.78, 5) is 22.3. The van der Waals surface area contributed by atoms with Crippen LogP contribution in [0.4, 0.5) is 0 Å². The van der Waals surface area contributed by atoms with Crippen molar-refractivity contribution in [3.63, 3.8) is 0 Å². The molecule has 0 aliphatic carbocycles. The fraction of sp³-hybridized carbons (Fsp3) is 0.385. The molecule has 0 aromatic heterocycles. The van der Waals surface area contributed by atoms with Gasteiger partial charge in [0.15, 0.2) is 0 Å². The number of hydrogen-bond donors (Lipinski definition) is 2. The van der Waals surface area contributed by atoms with Gasteiger partial charge in [-0.2, -0.15) is 0 Å². The zero-order valence-corrected chi connectivity index (χ0v) is 10.3. The smallest absolute Gasteiger partial charge is 0.315 e. The van der Waals surface area contributed by atoms with Crippen molar-refractivity contribution in [2.24, 2.45) is 0 Å². The van der Waals surface area contributed by atoms with E-state index in [4.69, 9.17) is 5.11 Å². The van der Waals surface area contributed by atoms with E-state index in [0.29, 0.717) is 13.0 Å². The van der Waals surface area contributed by atoms with E-state index in [0.717, 1.165) is 5.56 Å². The van der Waals surface area contributed by atoms with Gasteiger partial charge in [-0.25, -0.2) is 0 Å². The predicted molar refractivity (Wildman–Crippen MR) is 66.1 cm³/mol. The first-order valence-corrected chi connectivity index (χ1v) is 5.82. The minimum atomic E-state index is -0.514. The summed E-state index contributed by atoms with van der Waals surface area (Å²) >= 11 is 0. The lowest BCUT2D eigenvalue weighted by Crippen LogP contribution is -2.28. The second-order valence-electron chi connectivity index (χ2n) is 3.75. The molecule has 1 aromatic rings. The van der Waals surface area contributed by atoms with Gasteiger partial charge in [0.25, 0.3) is 0 Å². The van der Waals surface area contributed by atoms with E-state index < -0.39 is 5.97 Å². The molecule has 18 heavy (non-hydrogen) atoms. The predicted octanol–water partition coefficient (Wildman–Crippen LogP) is 1.00. The van der Waals surface area contributed by atoms with Crippen molar-refractivity contribution in [2.45, 2.75) is 19.8 Å². The number of phenolic OH excluding ortho intramolecular Hbond substituents is 1. The molecule has 5 heteroatoms. The molecule has 1 rings (SSSR count). The Bertz CT molecular complexity index is 400. The van der Waals surface area contributed by atoms with E-state index in [1.165, 1.54) is 0 Å². The molecule has 0 radical (unpaired) electrons. The molecule has 5 nitrogen and oxygen atoms in total. The Morgan fingerprint density at radius 2 is 1.94 bits per heavy atom. The summed E-state index contributed by atoms with van der Waals surface area (Å²) in [6.07, 6.45) is 0.401. The van der Waals surface area contributed by atoms with Crippen LogP contribution < -0.4 is 5.32 Å². The molecule has 0 aliphatic rings. The minimum absolute atomic E-state index is 0.213. The molecule has 0 atom stereocenters. The quantitative estimate of drug-likeness (QED) is 0.584. The first-order chi connectivity index (χ1) is 8.61. The van der Waals surface area contributed by atoms with Crippen LogP contribution in [0.1, 0.15) is 18.9 Å². The van der Waals surface area contributed by atoms with Gasteiger partial charge in [-0.05, 0) is 31.0 Å². The number of aromatic hydroxyl groups is 1. The Hall–Kier alpha value is -2.04. The van der Waals surface area contributed by atoms with Gasteiger partial charge in [0.2, 0.25) is 5.91 Å². The van der Waals surface area contributed by atoms with Gasteiger partial charge in [0.1, 0.15) is 12.2 Å². The standard InChI is InChI=1S/C13H17NO4/c1-2-18-13(17)9-12(16)14-8-7-10-3-5-11(15)6-4-10/h3-6,15H,2,7-9H2,1H3,(H,14,16). The molecule has 0 aliphatic heterocycles. The fourth-order valence-corrected chi connectivity index (χ4v) is 1.41. The molecule has 0 bridgehead atoms. The van der Waals surface area contributed by atoms with Crippen molar-refractivity contribution in [2.75, 3.05) is 13.2 Å². The maximum Gasteiger partial charge on any atom is 0.315 e. The Balaban J connectivity index is 2.23. The molecule has 0 unspecified atom stereocenters. The number of nitrogens with one attached hydrogen (secondary N) is 1. The molecule has 1 amide bonds. The normalized spacial score (nSPS) is 9.83. The maximum absolute atomic E-state index is 11.3. The second-order valence-corrected chi connectivity index (χ2v) is 3.75. The molecule has 0 saturated carbocycles. The average molecular weight is 251 g/mol. The van der Waals surface area contributed by atoms with Crippen molar-refractivity contribution in [1.29, 1.82) is 0 Å². The topological polar surface area (TPSA) is 75.6 Å². The summed E-state index contributed by atoms with van der Waals surface area (Å²) in [7, 11) is 0. The number of rotatable bonds is 6. The summed E-state index contributed by atoms with van der Waals surface area (Å²) in [6.45, 7) is 2.42. The summed E-state index contributed by atoms with van der Waals surface area (Å²) in [5, 5.41) is 11.7. The Morgan fingerprint density at radius 3 is 2.56 bits per heavy atom. The Morgan fingerprint density at radius 1 is 1.28 bits per heavy atom. The highest BCUT2D eigenvalue weighted by atomic mass is 16.5. The Kier molecular flexibility index (Phi) is 5.70. The van der Waals surface area contributed by atoms with Crippen LogP contribution in [0.3, 0.4) is 0 Å². The molecule has 0 saturated heterocycles. The summed E-state index contributed by atoms with van der Waals surface area (Å²) in [5.41, 5.74) is 1.00. The van der Waals surface area contributed by atoms with Crippen LogP contribution in [0.25, 0.3) is 0 Å². The van der Waals surface area contributed by atoms with Crippen LogP contribution in [0.5, 0.6) is 5.75 Å². The largest absolute Gasteiger partial charge is 0.508 e. The second kappa shape index (κ2) is 7.32. The lowest BCUT2D eigenvalue weighted by Gasteiger charge is -2.05. The zero-order chi connectivity index (χ0) is 13.4. The third-order valence-electron chi connectivity index (χ3n) is 2.28. The van der Waals surface area contributed by atoms with E-state index in [2.05, 4.69) is 10.1 Å². The van der Waals surface area contributed by atoms with Crippen LogP contribution in [0.15, 0.2) is 24.3 Å². The van der Waals surface area contributed by atoms with Crippen molar-refractivity contribution in [3.8, 4) is 5.75 Å². The van der Waals surface area contributed by atoms with Crippen LogP contribution in [-0.4, -0.2) is 30.1 Å². The van der Waals surface area contributed by atoms with Gasteiger partial charge in [0.05, 0.1) is 6.61 Å². The first-order valence-electron chi connectivity index (χ1n) is 5.82. The van der Waals surface area contributed by atoms with Gasteiger partial charge in [-0.15, -0.1) is 0 Å². The van der Waals surface area contributed by atoms with E-state index in [1.54, 1.807) is 31.2 Å². The first kappa shape index (κ1) is 14.0. The number of ether oxygens (including phenoxy) is 1. The minimum Gasteiger partial charge on any atom is -0.508 e. The van der Waals surface area contributed by atoms with Crippen LogP contribution in [-0.2, 0) is 20.7 Å².